The molecular weight excluding hydrogens is 1040 g/mol. The van der Waals surface area contributed by atoms with E-state index in [1.54, 1.807) is 0 Å². The predicted molar refractivity (Wildman–Crippen MR) is 323 cm³/mol. The van der Waals surface area contributed by atoms with Gasteiger partial charge in [-0.3, -0.25) is 4.57 Å². The zero-order chi connectivity index (χ0) is 53.4. The molecule has 0 atom stereocenters. The smallest absolute Gasteiger partial charge is 0.235 e. The van der Waals surface area contributed by atoms with E-state index in [4.69, 9.17) is 18.8 Å². The first-order chi connectivity index (χ1) is 38.6. The van der Waals surface area contributed by atoms with Crippen molar-refractivity contribution in [1.82, 2.24) is 29.5 Å². The van der Waals surface area contributed by atoms with Gasteiger partial charge in [-0.25, -0.2) is 19.9 Å². The van der Waals surface area contributed by atoms with Crippen LogP contribution >= 0.6 is 15.9 Å². The van der Waals surface area contributed by atoms with E-state index < -0.39 is 0 Å². The number of aromatic amines is 1. The number of nitrogens with zero attached hydrogens (tertiary/aromatic N) is 5. The molecule has 0 aliphatic heterocycles. The summed E-state index contributed by atoms with van der Waals surface area (Å²) in [5, 5.41) is 2.22. The number of halogens is 1. The molecule has 0 amide bonds. The fourth-order valence-corrected chi connectivity index (χ4v) is 12.2. The number of nitrogens with one attached hydrogen (secondary N) is 1. The second-order valence-corrected chi connectivity index (χ2v) is 21.9. The van der Waals surface area contributed by atoms with Gasteiger partial charge in [-0.2, -0.15) is 0 Å². The molecule has 8 aromatic carbocycles. The van der Waals surface area contributed by atoms with Crippen LogP contribution in [0.25, 0.3) is 117 Å². The Kier molecular flexibility index (Phi) is 11.5. The summed E-state index contributed by atoms with van der Waals surface area (Å²) in [5.41, 5.74) is 21.2. The van der Waals surface area contributed by atoms with Crippen LogP contribution in [0.4, 0.5) is 0 Å². The van der Waals surface area contributed by atoms with Crippen molar-refractivity contribution >= 4 is 59.9 Å². The van der Waals surface area contributed by atoms with E-state index in [2.05, 4.69) is 191 Å². The van der Waals surface area contributed by atoms with Crippen LogP contribution < -0.4 is 0 Å². The number of furan rings is 2. The zero-order valence-corrected chi connectivity index (χ0v) is 45.5. The summed E-state index contributed by atoms with van der Waals surface area (Å²) in [7, 11) is 0. The Morgan fingerprint density at radius 1 is 0.418 bits per heavy atom. The summed E-state index contributed by atoms with van der Waals surface area (Å²) in [6, 6.07) is 78.9. The molecule has 8 nitrogen and oxygen atoms in total. The third kappa shape index (κ3) is 8.02. The van der Waals surface area contributed by atoms with Crippen LogP contribution in [-0.2, 0) is 10.8 Å². The lowest BCUT2D eigenvalue weighted by Gasteiger charge is -2.18. The van der Waals surface area contributed by atoms with Crippen molar-refractivity contribution < 1.29 is 8.83 Å². The van der Waals surface area contributed by atoms with Gasteiger partial charge in [0.25, 0.3) is 0 Å². The van der Waals surface area contributed by atoms with E-state index in [-0.39, 0.29) is 10.8 Å². The Hall–Kier alpha value is -9.44. The van der Waals surface area contributed by atoms with Gasteiger partial charge in [0.05, 0.1) is 33.8 Å². The molecule has 79 heavy (non-hydrogen) atoms. The number of fused-ring (bicyclic) bond motifs is 14. The molecule has 0 bridgehead atoms. The van der Waals surface area contributed by atoms with Crippen LogP contribution in [0.3, 0.4) is 0 Å². The van der Waals surface area contributed by atoms with Gasteiger partial charge in [0, 0.05) is 60.5 Å². The highest BCUT2D eigenvalue weighted by molar-refractivity contribution is 9.10. The molecule has 14 aromatic rings. The molecule has 2 aliphatic carbocycles. The second-order valence-electron chi connectivity index (χ2n) is 21.2. The van der Waals surface area contributed by atoms with Crippen molar-refractivity contribution in [3.8, 4) is 73.2 Å². The monoisotopic (exact) mass is 1090 g/mol. The molecule has 0 fully saturated rings. The number of hydrogen-bond acceptors (Lipinski definition) is 6. The SMILES string of the molecule is Brc1nc(-c2ccccc2)cc(-c2ccccc2)n1.CC1(C)c2ccccc2-c2c1oc1c2[nH]c2ccccc21.CC1(C)c2ccccc2-c2c1oc1c3ccccc3n(-c3nc(-c4ccccc4)cc(-c4ccccc4)n3)c21. The topological polar surface area (TPSA) is 98.6 Å². The number of hydrogen-bond donors (Lipinski definition) is 1. The van der Waals surface area contributed by atoms with Gasteiger partial charge in [0.15, 0.2) is 15.9 Å². The Morgan fingerprint density at radius 2 is 0.823 bits per heavy atom. The summed E-state index contributed by atoms with van der Waals surface area (Å²) >= 11 is 3.39. The highest BCUT2D eigenvalue weighted by Crippen LogP contribution is 2.56. The number of aromatic nitrogens is 6. The quantitative estimate of drug-likeness (QED) is 0.172. The van der Waals surface area contributed by atoms with E-state index in [0.717, 1.165) is 106 Å². The first-order valence-electron chi connectivity index (χ1n) is 26.6. The normalized spacial score (nSPS) is 13.3. The van der Waals surface area contributed by atoms with Gasteiger partial charge in [0.2, 0.25) is 5.95 Å². The Balaban J connectivity index is 0.000000118. The Morgan fingerprint density at radius 3 is 1.35 bits per heavy atom. The summed E-state index contributed by atoms with van der Waals surface area (Å²) in [4.78, 5) is 22.8. The maximum absolute atomic E-state index is 6.78. The summed E-state index contributed by atoms with van der Waals surface area (Å²) in [6.07, 6.45) is 0. The van der Waals surface area contributed by atoms with Gasteiger partial charge in [-0.05, 0) is 102 Å². The lowest BCUT2D eigenvalue weighted by molar-refractivity contribution is 0.466. The second kappa shape index (κ2) is 18.9. The molecule has 0 saturated carbocycles. The van der Waals surface area contributed by atoms with Crippen molar-refractivity contribution in [3.63, 3.8) is 0 Å². The molecule has 0 radical (unpaired) electrons. The molecule has 9 heteroatoms. The van der Waals surface area contributed by atoms with Crippen molar-refractivity contribution in [2.45, 2.75) is 38.5 Å². The fraction of sp³-hybridized carbons (Fsp3) is 0.0857. The lowest BCUT2D eigenvalue weighted by atomic mass is 9.86. The largest absolute Gasteiger partial charge is 0.457 e. The molecular formula is C70H51BrN6O2. The highest BCUT2D eigenvalue weighted by Gasteiger charge is 2.43. The minimum Gasteiger partial charge on any atom is -0.457 e. The average molecular weight is 1090 g/mol. The molecule has 1 N–H and O–H groups in total. The Bertz CT molecular complexity index is 4500. The van der Waals surface area contributed by atoms with Gasteiger partial charge < -0.3 is 13.8 Å². The predicted octanol–water partition coefficient (Wildman–Crippen LogP) is 18.6. The van der Waals surface area contributed by atoms with Crippen molar-refractivity contribution in [2.24, 2.45) is 0 Å². The van der Waals surface area contributed by atoms with Gasteiger partial charge in [-0.1, -0.05) is 194 Å². The van der Waals surface area contributed by atoms with E-state index in [1.165, 1.54) is 27.8 Å². The van der Waals surface area contributed by atoms with Gasteiger partial charge in [0.1, 0.15) is 17.0 Å². The summed E-state index contributed by atoms with van der Waals surface area (Å²) < 4.78 is 15.9. The number of benzene rings is 8. The van der Waals surface area contributed by atoms with Crippen molar-refractivity contribution in [2.75, 3.05) is 0 Å². The highest BCUT2D eigenvalue weighted by atomic mass is 79.9. The van der Waals surface area contributed by atoms with Crippen LogP contribution in [0.15, 0.2) is 244 Å². The van der Waals surface area contributed by atoms with E-state index in [9.17, 15) is 0 Å². The molecule has 0 unspecified atom stereocenters. The minimum atomic E-state index is -0.237. The molecule has 6 aromatic heterocycles. The number of para-hydroxylation sites is 2. The lowest BCUT2D eigenvalue weighted by Crippen LogP contribution is -2.14. The molecule has 0 saturated heterocycles. The third-order valence-electron chi connectivity index (χ3n) is 15.6. The minimum absolute atomic E-state index is 0.0765. The summed E-state index contributed by atoms with van der Waals surface area (Å²) in [5.74, 6) is 2.71. The Labute approximate surface area is 465 Å². The molecule has 380 valence electrons. The molecule has 6 heterocycles. The maximum atomic E-state index is 6.78. The van der Waals surface area contributed by atoms with Crippen LogP contribution in [-0.4, -0.2) is 29.5 Å². The third-order valence-corrected chi connectivity index (χ3v) is 16.0. The van der Waals surface area contributed by atoms with Crippen LogP contribution in [0.1, 0.15) is 50.3 Å². The molecule has 2 aliphatic rings. The van der Waals surface area contributed by atoms with Crippen LogP contribution in [0.2, 0.25) is 0 Å². The van der Waals surface area contributed by atoms with Crippen LogP contribution in [0, 0.1) is 0 Å². The number of rotatable bonds is 5. The summed E-state index contributed by atoms with van der Waals surface area (Å²) in [6.45, 7) is 8.96. The number of H-pyrrole nitrogens is 1. The van der Waals surface area contributed by atoms with Crippen LogP contribution in [0.5, 0.6) is 0 Å². The molecule has 0 spiro atoms. The van der Waals surface area contributed by atoms with E-state index in [1.807, 2.05) is 103 Å². The van der Waals surface area contributed by atoms with Gasteiger partial charge in [-0.15, -0.1) is 0 Å². The van der Waals surface area contributed by atoms with Crippen molar-refractivity contribution in [1.29, 1.82) is 0 Å². The first kappa shape index (κ1) is 48.0. The van der Waals surface area contributed by atoms with E-state index >= 15 is 0 Å². The van der Waals surface area contributed by atoms with E-state index in [0.29, 0.717) is 10.7 Å². The van der Waals surface area contributed by atoms with Crippen molar-refractivity contribution in [3.05, 3.63) is 258 Å². The first-order valence-corrected chi connectivity index (χ1v) is 27.4. The average Bonchev–Trinajstić information content (AvgIpc) is 2.73. The maximum Gasteiger partial charge on any atom is 0.235 e. The standard InChI is InChI=1S/C35H25N3O.C19H15NO.C16H11BrN2/c1-35(2)26-19-11-9-17-24(26)30-31-32(39-33(30)35)25-18-10-12-20-29(25)38(31)34-36-27(22-13-5-3-6-14-22)21-28(37-34)23-15-7-4-8-16-23;1-19(2)13-9-5-3-7-11(13)15-16-17(21-18(15)19)12-8-4-6-10-14(12)20-16;17-16-18-14(12-7-3-1-4-8-12)11-15(19-16)13-9-5-2-6-10-13/h3-21H,1-2H3;3-10,20H,1-2H3;1-11H. The van der Waals surface area contributed by atoms with Gasteiger partial charge >= 0.3 is 0 Å². The fourth-order valence-electron chi connectivity index (χ4n) is 11.8. The molecule has 16 rings (SSSR count). The zero-order valence-electron chi connectivity index (χ0n) is 43.9.